The predicted octanol–water partition coefficient (Wildman–Crippen LogP) is 4.74. The molecule has 1 heterocycles. The first-order chi connectivity index (χ1) is 12.0. The number of benzene rings is 2. The van der Waals surface area contributed by atoms with Crippen LogP contribution in [-0.4, -0.2) is 15.9 Å². The fourth-order valence-electron chi connectivity index (χ4n) is 2.51. The topological polar surface area (TPSA) is 66.9 Å². The number of aromatic nitrogens is 2. The zero-order valence-electron chi connectivity index (χ0n) is 13.9. The van der Waals surface area contributed by atoms with E-state index in [2.05, 4.69) is 20.6 Å². The Morgan fingerprint density at radius 1 is 0.960 bits per heavy atom. The van der Waals surface area contributed by atoms with Crippen molar-refractivity contribution in [1.82, 2.24) is 9.97 Å². The SMILES string of the molecule is Cc1cc(C)cc(NC(=O)c2cc(Nc3cccc(Cl)c3)ncn2)c1. The van der Waals surface area contributed by atoms with Crippen LogP contribution in [0.15, 0.2) is 54.9 Å². The summed E-state index contributed by atoms with van der Waals surface area (Å²) < 4.78 is 0. The van der Waals surface area contributed by atoms with Crippen molar-refractivity contribution in [2.75, 3.05) is 10.6 Å². The van der Waals surface area contributed by atoms with E-state index in [4.69, 9.17) is 11.6 Å². The van der Waals surface area contributed by atoms with Crippen molar-refractivity contribution in [1.29, 1.82) is 0 Å². The molecule has 3 aromatic rings. The first kappa shape index (κ1) is 16.9. The second-order valence-corrected chi connectivity index (χ2v) is 6.19. The van der Waals surface area contributed by atoms with Gasteiger partial charge >= 0.3 is 0 Å². The van der Waals surface area contributed by atoms with E-state index in [-0.39, 0.29) is 11.6 Å². The van der Waals surface area contributed by atoms with E-state index in [1.165, 1.54) is 6.33 Å². The maximum atomic E-state index is 12.4. The zero-order chi connectivity index (χ0) is 17.8. The molecule has 6 heteroatoms. The molecular weight excluding hydrogens is 336 g/mol. The molecule has 0 saturated carbocycles. The van der Waals surface area contributed by atoms with Crippen LogP contribution < -0.4 is 10.6 Å². The fourth-order valence-corrected chi connectivity index (χ4v) is 2.70. The number of amides is 1. The highest BCUT2D eigenvalue weighted by Gasteiger charge is 2.10. The molecule has 1 aromatic heterocycles. The van der Waals surface area contributed by atoms with Crippen LogP contribution in [0.25, 0.3) is 0 Å². The lowest BCUT2D eigenvalue weighted by Crippen LogP contribution is -2.14. The van der Waals surface area contributed by atoms with E-state index in [9.17, 15) is 4.79 Å². The van der Waals surface area contributed by atoms with Gasteiger partial charge in [0.25, 0.3) is 5.91 Å². The quantitative estimate of drug-likeness (QED) is 0.711. The standard InChI is InChI=1S/C19H17ClN4O/c1-12-6-13(2)8-16(7-12)24-19(25)17-10-18(22-11-21-17)23-15-5-3-4-14(20)9-15/h3-11H,1-2H3,(H,24,25)(H,21,22,23). The molecule has 0 aliphatic heterocycles. The number of carbonyl (C=O) groups is 1. The summed E-state index contributed by atoms with van der Waals surface area (Å²) in [6.45, 7) is 3.97. The molecular formula is C19H17ClN4O. The Kier molecular flexibility index (Phi) is 4.95. The number of hydrogen-bond acceptors (Lipinski definition) is 4. The van der Waals surface area contributed by atoms with Gasteiger partial charge in [-0.15, -0.1) is 0 Å². The fraction of sp³-hybridized carbons (Fsp3) is 0.105. The minimum atomic E-state index is -0.290. The second-order valence-electron chi connectivity index (χ2n) is 5.75. The summed E-state index contributed by atoms with van der Waals surface area (Å²) in [6, 6.07) is 14.7. The van der Waals surface area contributed by atoms with Gasteiger partial charge < -0.3 is 10.6 Å². The van der Waals surface area contributed by atoms with Crippen LogP contribution in [0, 0.1) is 13.8 Å². The van der Waals surface area contributed by atoms with E-state index in [1.807, 2.05) is 44.2 Å². The molecule has 0 aliphatic rings. The van der Waals surface area contributed by atoms with Gasteiger partial charge in [0, 0.05) is 22.5 Å². The third-order valence-electron chi connectivity index (χ3n) is 3.48. The van der Waals surface area contributed by atoms with Gasteiger partial charge in [0.1, 0.15) is 17.8 Å². The molecule has 0 aliphatic carbocycles. The smallest absolute Gasteiger partial charge is 0.274 e. The molecule has 0 fully saturated rings. The number of nitrogens with one attached hydrogen (secondary N) is 2. The largest absolute Gasteiger partial charge is 0.340 e. The van der Waals surface area contributed by atoms with Crippen LogP contribution in [0.3, 0.4) is 0 Å². The first-order valence-corrected chi connectivity index (χ1v) is 8.12. The van der Waals surface area contributed by atoms with Crippen molar-refractivity contribution >= 4 is 34.7 Å². The van der Waals surface area contributed by atoms with E-state index in [1.54, 1.807) is 18.2 Å². The maximum absolute atomic E-state index is 12.4. The molecule has 2 aromatic carbocycles. The molecule has 0 spiro atoms. The number of halogens is 1. The monoisotopic (exact) mass is 352 g/mol. The average molecular weight is 353 g/mol. The summed E-state index contributed by atoms with van der Waals surface area (Å²) in [5, 5.41) is 6.59. The van der Waals surface area contributed by atoms with Crippen LogP contribution in [0.5, 0.6) is 0 Å². The summed E-state index contributed by atoms with van der Waals surface area (Å²) in [5.74, 6) is 0.226. The number of carbonyl (C=O) groups excluding carboxylic acids is 1. The summed E-state index contributed by atoms with van der Waals surface area (Å²) in [6.07, 6.45) is 1.35. The van der Waals surface area contributed by atoms with Gasteiger partial charge in [0.15, 0.2) is 0 Å². The van der Waals surface area contributed by atoms with Crippen molar-refractivity contribution in [3.63, 3.8) is 0 Å². The van der Waals surface area contributed by atoms with Crippen LogP contribution in [0.4, 0.5) is 17.2 Å². The highest BCUT2D eigenvalue weighted by Crippen LogP contribution is 2.19. The van der Waals surface area contributed by atoms with Crippen molar-refractivity contribution < 1.29 is 4.79 Å². The van der Waals surface area contributed by atoms with E-state index in [0.717, 1.165) is 22.5 Å². The molecule has 3 rings (SSSR count). The number of anilines is 3. The van der Waals surface area contributed by atoms with Crippen molar-refractivity contribution in [3.8, 4) is 0 Å². The van der Waals surface area contributed by atoms with Gasteiger partial charge in [-0.1, -0.05) is 23.7 Å². The summed E-state index contributed by atoms with van der Waals surface area (Å²) in [7, 11) is 0. The summed E-state index contributed by atoms with van der Waals surface area (Å²) in [4.78, 5) is 20.6. The van der Waals surface area contributed by atoms with Crippen molar-refractivity contribution in [3.05, 3.63) is 76.7 Å². The molecule has 0 atom stereocenters. The normalized spacial score (nSPS) is 10.4. The van der Waals surface area contributed by atoms with E-state index in [0.29, 0.717) is 10.8 Å². The van der Waals surface area contributed by atoms with Gasteiger partial charge in [-0.3, -0.25) is 4.79 Å². The predicted molar refractivity (Wildman–Crippen MR) is 101 cm³/mol. The second kappa shape index (κ2) is 7.32. The molecule has 1 amide bonds. The highest BCUT2D eigenvalue weighted by molar-refractivity contribution is 6.30. The Hall–Kier alpha value is -2.92. The molecule has 0 unspecified atom stereocenters. The Balaban J connectivity index is 1.77. The van der Waals surface area contributed by atoms with Crippen LogP contribution in [-0.2, 0) is 0 Å². The number of rotatable bonds is 4. The van der Waals surface area contributed by atoms with Gasteiger partial charge in [0.2, 0.25) is 0 Å². The molecule has 5 nitrogen and oxygen atoms in total. The highest BCUT2D eigenvalue weighted by atomic mass is 35.5. The number of aryl methyl sites for hydroxylation is 2. The average Bonchev–Trinajstić information content (AvgIpc) is 2.54. The lowest BCUT2D eigenvalue weighted by atomic mass is 10.1. The molecule has 2 N–H and O–H groups in total. The first-order valence-electron chi connectivity index (χ1n) is 7.74. The summed E-state index contributed by atoms with van der Waals surface area (Å²) in [5.41, 5.74) is 3.97. The Bertz CT molecular complexity index is 907. The van der Waals surface area contributed by atoms with Crippen molar-refractivity contribution in [2.45, 2.75) is 13.8 Å². The Labute approximate surface area is 151 Å². The minimum absolute atomic E-state index is 0.277. The summed E-state index contributed by atoms with van der Waals surface area (Å²) >= 11 is 5.97. The van der Waals surface area contributed by atoms with Crippen LogP contribution in [0.1, 0.15) is 21.6 Å². The van der Waals surface area contributed by atoms with E-state index >= 15 is 0 Å². The zero-order valence-corrected chi connectivity index (χ0v) is 14.6. The number of nitrogens with zero attached hydrogens (tertiary/aromatic N) is 2. The van der Waals surface area contributed by atoms with Gasteiger partial charge in [-0.05, 0) is 55.3 Å². The molecule has 0 radical (unpaired) electrons. The van der Waals surface area contributed by atoms with Crippen LogP contribution in [0.2, 0.25) is 5.02 Å². The third kappa shape index (κ3) is 4.55. The van der Waals surface area contributed by atoms with E-state index < -0.39 is 0 Å². The molecule has 126 valence electrons. The van der Waals surface area contributed by atoms with Gasteiger partial charge in [-0.2, -0.15) is 0 Å². The lowest BCUT2D eigenvalue weighted by Gasteiger charge is -2.09. The van der Waals surface area contributed by atoms with Crippen LogP contribution >= 0.6 is 11.6 Å². The Morgan fingerprint density at radius 3 is 2.44 bits per heavy atom. The molecule has 25 heavy (non-hydrogen) atoms. The maximum Gasteiger partial charge on any atom is 0.274 e. The molecule has 0 saturated heterocycles. The minimum Gasteiger partial charge on any atom is -0.340 e. The Morgan fingerprint density at radius 2 is 1.72 bits per heavy atom. The van der Waals surface area contributed by atoms with Crippen molar-refractivity contribution in [2.24, 2.45) is 0 Å². The third-order valence-corrected chi connectivity index (χ3v) is 3.71. The van der Waals surface area contributed by atoms with Gasteiger partial charge in [-0.25, -0.2) is 9.97 Å². The lowest BCUT2D eigenvalue weighted by molar-refractivity contribution is 0.102. The van der Waals surface area contributed by atoms with Gasteiger partial charge in [0.05, 0.1) is 0 Å². The number of hydrogen-bond donors (Lipinski definition) is 2. The molecule has 0 bridgehead atoms.